The number of benzene rings is 2. The molecule has 0 spiro atoms. The molecule has 1 N–H and O–H groups in total. The fraction of sp³-hybridized carbons (Fsp3) is 0.273. The number of amides is 2. The largest absolute Gasteiger partial charge is 0.339 e. The van der Waals surface area contributed by atoms with Crippen molar-refractivity contribution in [3.63, 3.8) is 0 Å². The van der Waals surface area contributed by atoms with Gasteiger partial charge in [-0.1, -0.05) is 11.6 Å². The highest BCUT2D eigenvalue weighted by Crippen LogP contribution is 2.24. The minimum atomic E-state index is -0.562. The number of nitrogens with zero attached hydrogens (tertiary/aromatic N) is 3. The summed E-state index contributed by atoms with van der Waals surface area (Å²) in [7, 11) is 0. The zero-order valence-electron chi connectivity index (χ0n) is 16.6. The van der Waals surface area contributed by atoms with E-state index in [0.29, 0.717) is 29.2 Å². The van der Waals surface area contributed by atoms with Crippen molar-refractivity contribution in [1.82, 2.24) is 14.5 Å². The molecule has 0 saturated carbocycles. The van der Waals surface area contributed by atoms with Crippen molar-refractivity contribution in [3.8, 4) is 0 Å². The van der Waals surface area contributed by atoms with Crippen molar-refractivity contribution < 1.29 is 14.0 Å². The molecular formula is C22H20ClFN4O3. The number of piperidine rings is 1. The van der Waals surface area contributed by atoms with Crippen LogP contribution in [0.15, 0.2) is 47.5 Å². The summed E-state index contributed by atoms with van der Waals surface area (Å²) >= 11 is 6.08. The number of anilines is 1. The molecule has 0 radical (unpaired) electrons. The molecule has 2 amide bonds. The SMILES string of the molecule is O=C(Cn1cnc2ccc(F)cc2c1=O)Nc1cc(Cl)ccc1C(=O)N1CCCCC1. The molecule has 0 aliphatic carbocycles. The van der Waals surface area contributed by atoms with E-state index in [1.165, 1.54) is 24.5 Å². The number of hydrogen-bond donors (Lipinski definition) is 1. The number of nitrogens with one attached hydrogen (secondary N) is 1. The van der Waals surface area contributed by atoms with Crippen LogP contribution in [0.4, 0.5) is 10.1 Å². The van der Waals surface area contributed by atoms with Crippen LogP contribution in [0.3, 0.4) is 0 Å². The van der Waals surface area contributed by atoms with Crippen molar-refractivity contribution in [2.75, 3.05) is 18.4 Å². The summed E-state index contributed by atoms with van der Waals surface area (Å²) in [6.07, 6.45) is 4.21. The minimum Gasteiger partial charge on any atom is -0.339 e. The summed E-state index contributed by atoms with van der Waals surface area (Å²) in [5.41, 5.74) is 0.425. The molecule has 160 valence electrons. The van der Waals surface area contributed by atoms with Crippen molar-refractivity contribution in [2.24, 2.45) is 0 Å². The van der Waals surface area contributed by atoms with Crippen LogP contribution < -0.4 is 10.9 Å². The Morgan fingerprint density at radius 3 is 2.65 bits per heavy atom. The van der Waals surface area contributed by atoms with Gasteiger partial charge in [0.05, 0.1) is 28.5 Å². The van der Waals surface area contributed by atoms with Crippen LogP contribution in [0.2, 0.25) is 5.02 Å². The van der Waals surface area contributed by atoms with Crippen LogP contribution in [0.25, 0.3) is 10.9 Å². The van der Waals surface area contributed by atoms with Gasteiger partial charge < -0.3 is 10.2 Å². The second kappa shape index (κ2) is 8.85. The first-order valence-electron chi connectivity index (χ1n) is 9.96. The molecule has 9 heteroatoms. The quantitative estimate of drug-likeness (QED) is 0.670. The van der Waals surface area contributed by atoms with Gasteiger partial charge in [-0.25, -0.2) is 9.37 Å². The lowest BCUT2D eigenvalue weighted by Crippen LogP contribution is -2.36. The Morgan fingerprint density at radius 1 is 1.10 bits per heavy atom. The first kappa shape index (κ1) is 21.0. The maximum atomic E-state index is 13.5. The second-order valence-corrected chi connectivity index (χ2v) is 7.87. The number of aromatic nitrogens is 2. The van der Waals surface area contributed by atoms with E-state index in [1.807, 2.05) is 0 Å². The van der Waals surface area contributed by atoms with Gasteiger partial charge in [0.15, 0.2) is 0 Å². The van der Waals surface area contributed by atoms with Crippen LogP contribution in [0.5, 0.6) is 0 Å². The number of carbonyl (C=O) groups is 2. The maximum absolute atomic E-state index is 13.5. The Balaban J connectivity index is 1.57. The molecule has 7 nitrogen and oxygen atoms in total. The molecule has 0 atom stereocenters. The van der Waals surface area contributed by atoms with Gasteiger partial charge in [0, 0.05) is 18.1 Å². The molecule has 2 heterocycles. The Bertz CT molecular complexity index is 1220. The van der Waals surface area contributed by atoms with Crippen LogP contribution >= 0.6 is 11.6 Å². The summed E-state index contributed by atoms with van der Waals surface area (Å²) in [6.45, 7) is 0.995. The third-order valence-electron chi connectivity index (χ3n) is 5.23. The van der Waals surface area contributed by atoms with Crippen LogP contribution in [-0.2, 0) is 11.3 Å². The third-order valence-corrected chi connectivity index (χ3v) is 5.46. The topological polar surface area (TPSA) is 84.3 Å². The van der Waals surface area contributed by atoms with Gasteiger partial charge in [-0.15, -0.1) is 0 Å². The molecule has 1 aliphatic rings. The van der Waals surface area contributed by atoms with Gasteiger partial charge in [0.2, 0.25) is 5.91 Å². The lowest BCUT2D eigenvalue weighted by Gasteiger charge is -2.27. The minimum absolute atomic E-state index is 0.0824. The fourth-order valence-corrected chi connectivity index (χ4v) is 3.83. The van der Waals surface area contributed by atoms with E-state index in [9.17, 15) is 18.8 Å². The van der Waals surface area contributed by atoms with Gasteiger partial charge in [-0.3, -0.25) is 19.0 Å². The molecule has 0 unspecified atom stereocenters. The fourth-order valence-electron chi connectivity index (χ4n) is 3.66. The van der Waals surface area contributed by atoms with E-state index in [1.54, 1.807) is 17.0 Å². The highest BCUT2D eigenvalue weighted by atomic mass is 35.5. The number of hydrogen-bond acceptors (Lipinski definition) is 4. The number of fused-ring (bicyclic) bond motifs is 1. The molecule has 3 aromatic rings. The molecule has 31 heavy (non-hydrogen) atoms. The van der Waals surface area contributed by atoms with Gasteiger partial charge >= 0.3 is 0 Å². The lowest BCUT2D eigenvalue weighted by atomic mass is 10.1. The van der Waals surface area contributed by atoms with Crippen LogP contribution in [0, 0.1) is 5.82 Å². The average molecular weight is 443 g/mol. The van der Waals surface area contributed by atoms with Crippen LogP contribution in [-0.4, -0.2) is 39.4 Å². The summed E-state index contributed by atoms with van der Waals surface area (Å²) < 4.78 is 14.6. The number of halogens is 2. The summed E-state index contributed by atoms with van der Waals surface area (Å²) in [5, 5.41) is 3.12. The van der Waals surface area contributed by atoms with E-state index >= 15 is 0 Å². The molecule has 1 aromatic heterocycles. The Hall–Kier alpha value is -3.26. The zero-order chi connectivity index (χ0) is 22.0. The standard InChI is InChI=1S/C22H20ClFN4O3/c23-14-4-6-16(21(30)27-8-2-1-3-9-27)19(10-14)26-20(29)12-28-13-25-18-7-5-15(24)11-17(18)22(28)31/h4-7,10-11,13H,1-3,8-9,12H2,(H,26,29). The smallest absolute Gasteiger partial charge is 0.261 e. The predicted molar refractivity (Wildman–Crippen MR) is 116 cm³/mol. The van der Waals surface area contributed by atoms with Crippen molar-refractivity contribution in [2.45, 2.75) is 25.8 Å². The average Bonchev–Trinajstić information content (AvgIpc) is 2.76. The van der Waals surface area contributed by atoms with E-state index in [0.717, 1.165) is 29.9 Å². The number of carbonyl (C=O) groups excluding carboxylic acids is 2. The van der Waals surface area contributed by atoms with E-state index in [2.05, 4.69) is 10.3 Å². The van der Waals surface area contributed by atoms with Gasteiger partial charge in [0.1, 0.15) is 12.4 Å². The molecule has 0 bridgehead atoms. The van der Waals surface area contributed by atoms with Gasteiger partial charge in [0.25, 0.3) is 11.5 Å². The van der Waals surface area contributed by atoms with Crippen molar-refractivity contribution >= 4 is 40.0 Å². The molecule has 4 rings (SSSR count). The Labute approximate surface area is 182 Å². The highest BCUT2D eigenvalue weighted by Gasteiger charge is 2.22. The maximum Gasteiger partial charge on any atom is 0.261 e. The molecular weight excluding hydrogens is 423 g/mol. The van der Waals surface area contributed by atoms with Crippen molar-refractivity contribution in [3.05, 3.63) is 69.5 Å². The number of rotatable bonds is 4. The third kappa shape index (κ3) is 4.59. The second-order valence-electron chi connectivity index (χ2n) is 7.43. The van der Waals surface area contributed by atoms with E-state index < -0.39 is 17.3 Å². The molecule has 2 aromatic carbocycles. The Kier molecular flexibility index (Phi) is 5.99. The Morgan fingerprint density at radius 2 is 1.87 bits per heavy atom. The zero-order valence-corrected chi connectivity index (χ0v) is 17.4. The molecule has 1 saturated heterocycles. The summed E-state index contributed by atoms with van der Waals surface area (Å²) in [5.74, 6) is -1.27. The highest BCUT2D eigenvalue weighted by molar-refractivity contribution is 6.31. The predicted octanol–water partition coefficient (Wildman–Crippen LogP) is 3.45. The molecule has 1 aliphatic heterocycles. The van der Waals surface area contributed by atoms with Gasteiger partial charge in [-0.05, 0) is 55.7 Å². The monoisotopic (exact) mass is 442 g/mol. The summed E-state index contributed by atoms with van der Waals surface area (Å²) in [4.78, 5) is 44.0. The van der Waals surface area contributed by atoms with E-state index in [-0.39, 0.29) is 23.5 Å². The molecule has 1 fully saturated rings. The first-order chi connectivity index (χ1) is 14.9. The number of likely N-dealkylation sites (tertiary alicyclic amines) is 1. The van der Waals surface area contributed by atoms with E-state index in [4.69, 9.17) is 11.6 Å². The van der Waals surface area contributed by atoms with Crippen LogP contribution in [0.1, 0.15) is 29.6 Å². The van der Waals surface area contributed by atoms with Crippen molar-refractivity contribution in [1.29, 1.82) is 0 Å². The lowest BCUT2D eigenvalue weighted by molar-refractivity contribution is -0.116. The summed E-state index contributed by atoms with van der Waals surface area (Å²) in [6, 6.07) is 8.40. The normalized spacial score (nSPS) is 13.9. The van der Waals surface area contributed by atoms with Gasteiger partial charge in [-0.2, -0.15) is 0 Å². The first-order valence-corrected chi connectivity index (χ1v) is 10.3.